The Balaban J connectivity index is 1.95. The Labute approximate surface area is 144 Å². The van der Waals surface area contributed by atoms with Crippen LogP contribution in [0.5, 0.6) is 0 Å². The highest BCUT2D eigenvalue weighted by molar-refractivity contribution is 5.90. The molecule has 0 saturated carbocycles. The highest BCUT2D eigenvalue weighted by Crippen LogP contribution is 2.24. The second-order valence-corrected chi connectivity index (χ2v) is 5.55. The van der Waals surface area contributed by atoms with Gasteiger partial charge in [0.1, 0.15) is 0 Å². The molecular formula is C20H15N3O2. The van der Waals surface area contributed by atoms with Crippen LogP contribution < -0.4 is 0 Å². The number of carbonyl (C=O) groups is 1. The van der Waals surface area contributed by atoms with Crippen LogP contribution in [-0.2, 0) is 4.74 Å². The monoisotopic (exact) mass is 329 g/mol. The third kappa shape index (κ3) is 2.76. The van der Waals surface area contributed by atoms with Crippen molar-refractivity contribution in [2.75, 3.05) is 7.11 Å². The number of hydrogen-bond acceptors (Lipinski definition) is 4. The predicted octanol–water partition coefficient (Wildman–Crippen LogP) is 3.85. The Kier molecular flexibility index (Phi) is 3.74. The molecule has 4 aromatic rings. The fraction of sp³-hybridized carbons (Fsp3) is 0.0500. The van der Waals surface area contributed by atoms with Crippen molar-refractivity contribution >= 4 is 11.6 Å². The standard InChI is InChI=1S/C20H15N3O2/c1-25-20(24)18-12-16(14-8-4-2-5-9-14)21-19-13-17(22-23(18)19)15-10-6-3-7-11-15/h2-13H,1H3. The van der Waals surface area contributed by atoms with E-state index in [-0.39, 0.29) is 0 Å². The number of benzene rings is 2. The molecule has 0 spiro atoms. The Morgan fingerprint density at radius 1 is 0.880 bits per heavy atom. The summed E-state index contributed by atoms with van der Waals surface area (Å²) in [5.74, 6) is -0.452. The van der Waals surface area contributed by atoms with Gasteiger partial charge in [0, 0.05) is 17.2 Å². The zero-order valence-corrected chi connectivity index (χ0v) is 13.6. The number of esters is 1. The first-order chi connectivity index (χ1) is 12.3. The highest BCUT2D eigenvalue weighted by Gasteiger charge is 2.17. The van der Waals surface area contributed by atoms with Crippen molar-refractivity contribution in [3.05, 3.63) is 78.5 Å². The second-order valence-electron chi connectivity index (χ2n) is 5.55. The van der Waals surface area contributed by atoms with E-state index >= 15 is 0 Å². The molecule has 0 aliphatic carbocycles. The van der Waals surface area contributed by atoms with E-state index < -0.39 is 5.97 Å². The van der Waals surface area contributed by atoms with Gasteiger partial charge in [0.05, 0.1) is 18.5 Å². The fourth-order valence-corrected chi connectivity index (χ4v) is 2.73. The molecule has 0 bridgehead atoms. The van der Waals surface area contributed by atoms with Crippen LogP contribution in [0.4, 0.5) is 0 Å². The van der Waals surface area contributed by atoms with Crippen molar-refractivity contribution in [3.63, 3.8) is 0 Å². The molecule has 0 unspecified atom stereocenters. The molecule has 0 N–H and O–H groups in total. The number of nitrogens with zero attached hydrogens (tertiary/aromatic N) is 3. The zero-order chi connectivity index (χ0) is 17.2. The minimum absolute atomic E-state index is 0.341. The van der Waals surface area contributed by atoms with Crippen molar-refractivity contribution in [2.45, 2.75) is 0 Å². The number of rotatable bonds is 3. The predicted molar refractivity (Wildman–Crippen MR) is 95.2 cm³/mol. The summed E-state index contributed by atoms with van der Waals surface area (Å²) in [4.78, 5) is 16.9. The molecule has 5 heteroatoms. The Bertz CT molecular complexity index is 1040. The summed E-state index contributed by atoms with van der Waals surface area (Å²) in [7, 11) is 1.36. The molecule has 0 amide bonds. The van der Waals surface area contributed by atoms with Crippen LogP contribution in [0.15, 0.2) is 72.8 Å². The van der Waals surface area contributed by atoms with Gasteiger partial charge in [0.15, 0.2) is 11.3 Å². The lowest BCUT2D eigenvalue weighted by molar-refractivity contribution is 0.0590. The van der Waals surface area contributed by atoms with E-state index in [0.29, 0.717) is 17.0 Å². The summed E-state index contributed by atoms with van der Waals surface area (Å²) >= 11 is 0. The number of aromatic nitrogens is 3. The van der Waals surface area contributed by atoms with Gasteiger partial charge in [-0.05, 0) is 6.07 Å². The average Bonchev–Trinajstić information content (AvgIpc) is 3.12. The van der Waals surface area contributed by atoms with Crippen LogP contribution in [0.1, 0.15) is 10.5 Å². The summed E-state index contributed by atoms with van der Waals surface area (Å²) in [6.07, 6.45) is 0. The van der Waals surface area contributed by atoms with Crippen LogP contribution in [0.25, 0.3) is 28.2 Å². The first-order valence-electron chi connectivity index (χ1n) is 7.86. The van der Waals surface area contributed by atoms with Gasteiger partial charge >= 0.3 is 5.97 Å². The van der Waals surface area contributed by atoms with Crippen molar-refractivity contribution in [3.8, 4) is 22.5 Å². The van der Waals surface area contributed by atoms with Crippen molar-refractivity contribution in [2.24, 2.45) is 0 Å². The maximum Gasteiger partial charge on any atom is 0.356 e. The third-order valence-electron chi connectivity index (χ3n) is 3.96. The summed E-state index contributed by atoms with van der Waals surface area (Å²) in [5.41, 5.74) is 4.29. The van der Waals surface area contributed by atoms with Gasteiger partial charge in [-0.25, -0.2) is 14.3 Å². The molecule has 2 aromatic carbocycles. The molecule has 0 saturated heterocycles. The summed E-state index contributed by atoms with van der Waals surface area (Å²) in [6.45, 7) is 0. The maximum atomic E-state index is 12.2. The minimum atomic E-state index is -0.452. The van der Waals surface area contributed by atoms with Gasteiger partial charge in [-0.3, -0.25) is 0 Å². The number of ether oxygens (including phenoxy) is 1. The van der Waals surface area contributed by atoms with E-state index in [1.54, 1.807) is 6.07 Å². The smallest absolute Gasteiger partial charge is 0.356 e. The van der Waals surface area contributed by atoms with Crippen LogP contribution in [-0.4, -0.2) is 27.7 Å². The minimum Gasteiger partial charge on any atom is -0.464 e. The van der Waals surface area contributed by atoms with E-state index in [4.69, 9.17) is 4.74 Å². The summed E-state index contributed by atoms with van der Waals surface area (Å²) < 4.78 is 6.45. The number of carbonyl (C=O) groups excluding carboxylic acids is 1. The highest BCUT2D eigenvalue weighted by atomic mass is 16.5. The average molecular weight is 329 g/mol. The maximum absolute atomic E-state index is 12.2. The first kappa shape index (κ1) is 15.1. The van der Waals surface area contributed by atoms with E-state index in [9.17, 15) is 4.79 Å². The number of fused-ring (bicyclic) bond motifs is 1. The second kappa shape index (κ2) is 6.20. The van der Waals surface area contributed by atoms with Crippen molar-refractivity contribution in [1.82, 2.24) is 14.6 Å². The molecule has 0 aliphatic rings. The number of methoxy groups -OCH3 is 1. The molecule has 5 nitrogen and oxygen atoms in total. The zero-order valence-electron chi connectivity index (χ0n) is 13.6. The Morgan fingerprint density at radius 2 is 1.48 bits per heavy atom. The number of hydrogen-bond donors (Lipinski definition) is 0. The Hall–Kier alpha value is -3.47. The molecule has 2 aromatic heterocycles. The summed E-state index contributed by atoms with van der Waals surface area (Å²) in [5, 5.41) is 4.54. The molecule has 0 aliphatic heterocycles. The fourth-order valence-electron chi connectivity index (χ4n) is 2.73. The molecule has 122 valence electrons. The SMILES string of the molecule is COC(=O)c1cc(-c2ccccc2)nc2cc(-c3ccccc3)nn12. The molecule has 4 rings (SSSR count). The van der Waals surface area contributed by atoms with E-state index in [1.807, 2.05) is 66.7 Å². The lowest BCUT2D eigenvalue weighted by Crippen LogP contribution is -2.10. The normalized spacial score (nSPS) is 10.8. The van der Waals surface area contributed by atoms with Gasteiger partial charge < -0.3 is 4.74 Å². The quantitative estimate of drug-likeness (QED) is 0.536. The molecule has 0 fully saturated rings. The van der Waals surface area contributed by atoms with Crippen LogP contribution in [0, 0.1) is 0 Å². The first-order valence-corrected chi connectivity index (χ1v) is 7.86. The third-order valence-corrected chi connectivity index (χ3v) is 3.96. The lowest BCUT2D eigenvalue weighted by atomic mass is 10.1. The van der Waals surface area contributed by atoms with E-state index in [2.05, 4.69) is 10.1 Å². The van der Waals surface area contributed by atoms with Crippen LogP contribution in [0.2, 0.25) is 0 Å². The van der Waals surface area contributed by atoms with Crippen LogP contribution >= 0.6 is 0 Å². The molecule has 2 heterocycles. The lowest BCUT2D eigenvalue weighted by Gasteiger charge is -2.06. The van der Waals surface area contributed by atoms with Gasteiger partial charge in [-0.1, -0.05) is 60.7 Å². The van der Waals surface area contributed by atoms with Gasteiger partial charge in [0.2, 0.25) is 0 Å². The van der Waals surface area contributed by atoms with Gasteiger partial charge in [-0.2, -0.15) is 5.10 Å². The largest absolute Gasteiger partial charge is 0.464 e. The Morgan fingerprint density at radius 3 is 2.08 bits per heavy atom. The van der Waals surface area contributed by atoms with E-state index in [0.717, 1.165) is 16.8 Å². The van der Waals surface area contributed by atoms with Crippen molar-refractivity contribution in [1.29, 1.82) is 0 Å². The van der Waals surface area contributed by atoms with Crippen molar-refractivity contribution < 1.29 is 9.53 Å². The molecular weight excluding hydrogens is 314 g/mol. The summed E-state index contributed by atoms with van der Waals surface area (Å²) in [6, 6.07) is 23.1. The van der Waals surface area contributed by atoms with Crippen LogP contribution in [0.3, 0.4) is 0 Å². The molecule has 0 radical (unpaired) electrons. The van der Waals surface area contributed by atoms with E-state index in [1.165, 1.54) is 11.6 Å². The topological polar surface area (TPSA) is 56.5 Å². The molecule has 25 heavy (non-hydrogen) atoms. The molecule has 0 atom stereocenters. The van der Waals surface area contributed by atoms with Gasteiger partial charge in [0.25, 0.3) is 0 Å². The van der Waals surface area contributed by atoms with Gasteiger partial charge in [-0.15, -0.1) is 0 Å².